The summed E-state index contributed by atoms with van der Waals surface area (Å²) in [5.41, 5.74) is 0.410. The third-order valence-corrected chi connectivity index (χ3v) is 2.38. The van der Waals surface area contributed by atoms with Crippen molar-refractivity contribution in [2.75, 3.05) is 13.2 Å². The smallest absolute Gasteiger partial charge is 0.273 e. The van der Waals surface area contributed by atoms with Crippen LogP contribution in [0, 0.1) is 10.1 Å². The number of rotatable bonds is 6. The first kappa shape index (κ1) is 13.9. The number of hydrogen-bond acceptors (Lipinski definition) is 5. The van der Waals surface area contributed by atoms with Gasteiger partial charge in [-0.2, -0.15) is 0 Å². The van der Waals surface area contributed by atoms with Crippen molar-refractivity contribution in [3.8, 4) is 0 Å². The van der Waals surface area contributed by atoms with Crippen molar-refractivity contribution in [2.45, 2.75) is 12.6 Å². The third-order valence-electron chi connectivity index (χ3n) is 2.14. The molecule has 0 heterocycles. The van der Waals surface area contributed by atoms with E-state index in [0.29, 0.717) is 10.6 Å². The van der Waals surface area contributed by atoms with Crippen LogP contribution in [0.25, 0.3) is 0 Å². The molecule has 0 aliphatic rings. The summed E-state index contributed by atoms with van der Waals surface area (Å²) in [4.78, 5) is 10.2. The van der Waals surface area contributed by atoms with Crippen molar-refractivity contribution in [1.82, 2.24) is 5.32 Å². The molecular weight excluding hydrogens is 248 g/mol. The number of halogens is 1. The molecule has 0 amide bonds. The first-order valence-electron chi connectivity index (χ1n) is 4.97. The number of benzene rings is 1. The molecule has 0 saturated heterocycles. The van der Waals surface area contributed by atoms with Crippen LogP contribution in [0.3, 0.4) is 0 Å². The number of aliphatic hydroxyl groups excluding tert-OH is 2. The van der Waals surface area contributed by atoms with E-state index in [4.69, 9.17) is 21.8 Å². The molecular formula is C10H13ClN2O4. The highest BCUT2D eigenvalue weighted by molar-refractivity contribution is 6.30. The standard InChI is InChI=1S/C10H13ClN2O4/c11-8-1-2-10(13(16)17)7(3-8)4-12-5-9(15)6-14/h1-3,9,12,14-15H,4-6H2/t9-/m1/s1. The second-order valence-corrected chi connectivity index (χ2v) is 3.93. The van der Waals surface area contributed by atoms with Gasteiger partial charge >= 0.3 is 0 Å². The van der Waals surface area contributed by atoms with Gasteiger partial charge in [-0.3, -0.25) is 10.1 Å². The first-order valence-corrected chi connectivity index (χ1v) is 5.35. The Balaban J connectivity index is 2.68. The average Bonchev–Trinajstić information content (AvgIpc) is 2.28. The molecule has 3 N–H and O–H groups in total. The molecule has 0 aliphatic heterocycles. The average molecular weight is 261 g/mol. The molecule has 0 aromatic heterocycles. The highest BCUT2D eigenvalue weighted by Gasteiger charge is 2.13. The highest BCUT2D eigenvalue weighted by atomic mass is 35.5. The van der Waals surface area contributed by atoms with Gasteiger partial charge in [0.15, 0.2) is 0 Å². The second kappa shape index (κ2) is 6.51. The van der Waals surface area contributed by atoms with Crippen molar-refractivity contribution in [3.63, 3.8) is 0 Å². The Morgan fingerprint density at radius 1 is 1.53 bits per heavy atom. The molecule has 1 aromatic rings. The number of hydrogen-bond donors (Lipinski definition) is 3. The summed E-state index contributed by atoms with van der Waals surface area (Å²) >= 11 is 5.75. The Hall–Kier alpha value is -1.21. The Morgan fingerprint density at radius 2 is 2.24 bits per heavy atom. The first-order chi connectivity index (χ1) is 8.04. The molecule has 7 heteroatoms. The van der Waals surface area contributed by atoms with E-state index in [1.807, 2.05) is 0 Å². The largest absolute Gasteiger partial charge is 0.394 e. The van der Waals surface area contributed by atoms with E-state index in [-0.39, 0.29) is 25.4 Å². The quantitative estimate of drug-likeness (QED) is 0.517. The molecule has 17 heavy (non-hydrogen) atoms. The van der Waals surface area contributed by atoms with Gasteiger partial charge in [0, 0.05) is 29.7 Å². The maximum Gasteiger partial charge on any atom is 0.273 e. The van der Waals surface area contributed by atoms with Crippen molar-refractivity contribution in [1.29, 1.82) is 0 Å². The minimum atomic E-state index is -0.881. The summed E-state index contributed by atoms with van der Waals surface area (Å²) < 4.78 is 0. The number of nitro benzene ring substituents is 1. The molecule has 0 saturated carbocycles. The van der Waals surface area contributed by atoms with Crippen LogP contribution in [0.1, 0.15) is 5.56 Å². The molecule has 94 valence electrons. The number of aliphatic hydroxyl groups is 2. The monoisotopic (exact) mass is 260 g/mol. The van der Waals surface area contributed by atoms with Gasteiger partial charge < -0.3 is 15.5 Å². The molecule has 0 radical (unpaired) electrons. The minimum absolute atomic E-state index is 0.0274. The second-order valence-electron chi connectivity index (χ2n) is 3.50. The topological polar surface area (TPSA) is 95.6 Å². The van der Waals surface area contributed by atoms with Gasteiger partial charge in [-0.15, -0.1) is 0 Å². The van der Waals surface area contributed by atoms with Crippen LogP contribution in [-0.4, -0.2) is 34.4 Å². The van der Waals surface area contributed by atoms with Crippen molar-refractivity contribution in [3.05, 3.63) is 38.9 Å². The van der Waals surface area contributed by atoms with Gasteiger partial charge in [-0.05, 0) is 12.1 Å². The maximum atomic E-state index is 10.7. The van der Waals surface area contributed by atoms with Crippen molar-refractivity contribution >= 4 is 17.3 Å². The van der Waals surface area contributed by atoms with Crippen molar-refractivity contribution in [2.24, 2.45) is 0 Å². The van der Waals surface area contributed by atoms with Crippen LogP contribution in [0.15, 0.2) is 18.2 Å². The molecule has 0 bridgehead atoms. The summed E-state index contributed by atoms with van der Waals surface area (Å²) in [5.74, 6) is 0. The molecule has 0 spiro atoms. The SMILES string of the molecule is O=[N+]([O-])c1ccc(Cl)cc1CNC[C@@H](O)CO. The molecule has 1 atom stereocenters. The maximum absolute atomic E-state index is 10.7. The van der Waals surface area contributed by atoms with E-state index in [9.17, 15) is 10.1 Å². The molecule has 1 aromatic carbocycles. The highest BCUT2D eigenvalue weighted by Crippen LogP contribution is 2.22. The fraction of sp³-hybridized carbons (Fsp3) is 0.400. The van der Waals surface area contributed by atoms with Gasteiger partial charge in [-0.25, -0.2) is 0 Å². The fourth-order valence-electron chi connectivity index (χ4n) is 1.31. The Kier molecular flexibility index (Phi) is 5.30. The molecule has 0 aliphatic carbocycles. The van der Waals surface area contributed by atoms with E-state index >= 15 is 0 Å². The number of nitrogens with one attached hydrogen (secondary N) is 1. The van der Waals surface area contributed by atoms with Crippen LogP contribution in [0.4, 0.5) is 5.69 Å². The predicted octanol–water partition coefficient (Wildman–Crippen LogP) is 0.691. The van der Waals surface area contributed by atoms with E-state index in [1.54, 1.807) is 0 Å². The van der Waals surface area contributed by atoms with Crippen LogP contribution in [0.5, 0.6) is 0 Å². The summed E-state index contributed by atoms with van der Waals surface area (Å²) in [7, 11) is 0. The van der Waals surface area contributed by atoms with Gasteiger partial charge in [0.2, 0.25) is 0 Å². The zero-order valence-corrected chi connectivity index (χ0v) is 9.72. The lowest BCUT2D eigenvalue weighted by Gasteiger charge is -2.09. The lowest BCUT2D eigenvalue weighted by Crippen LogP contribution is -2.29. The summed E-state index contributed by atoms with van der Waals surface area (Å²) in [6.07, 6.45) is -0.881. The van der Waals surface area contributed by atoms with E-state index in [0.717, 1.165) is 0 Å². The number of nitro groups is 1. The predicted molar refractivity (Wildman–Crippen MR) is 62.9 cm³/mol. The third kappa shape index (κ3) is 4.27. The molecule has 6 nitrogen and oxygen atoms in total. The van der Waals surface area contributed by atoms with E-state index < -0.39 is 11.0 Å². The lowest BCUT2D eigenvalue weighted by molar-refractivity contribution is -0.385. The molecule has 1 rings (SSSR count). The Bertz CT molecular complexity index is 400. The summed E-state index contributed by atoms with van der Waals surface area (Å²) in [6.45, 7) is -0.00125. The zero-order valence-electron chi connectivity index (χ0n) is 8.97. The van der Waals surface area contributed by atoms with Crippen LogP contribution >= 0.6 is 11.6 Å². The molecule has 0 fully saturated rings. The normalized spacial score (nSPS) is 12.4. The minimum Gasteiger partial charge on any atom is -0.394 e. The van der Waals surface area contributed by atoms with Crippen LogP contribution in [0.2, 0.25) is 5.02 Å². The lowest BCUT2D eigenvalue weighted by atomic mass is 10.2. The van der Waals surface area contributed by atoms with E-state index in [1.165, 1.54) is 18.2 Å². The van der Waals surface area contributed by atoms with Gasteiger partial charge in [0.05, 0.1) is 17.6 Å². The summed E-state index contributed by atoms with van der Waals surface area (Å²) in [6, 6.07) is 4.28. The van der Waals surface area contributed by atoms with Crippen LogP contribution < -0.4 is 5.32 Å². The zero-order chi connectivity index (χ0) is 12.8. The van der Waals surface area contributed by atoms with Gasteiger partial charge in [0.1, 0.15) is 0 Å². The van der Waals surface area contributed by atoms with Gasteiger partial charge in [0.25, 0.3) is 5.69 Å². The summed E-state index contributed by atoms with van der Waals surface area (Å²) in [5, 5.41) is 31.6. The van der Waals surface area contributed by atoms with Crippen LogP contribution in [-0.2, 0) is 6.54 Å². The van der Waals surface area contributed by atoms with Gasteiger partial charge in [-0.1, -0.05) is 11.6 Å². The number of nitrogens with zero attached hydrogens (tertiary/aromatic N) is 1. The molecule has 0 unspecified atom stereocenters. The Morgan fingerprint density at radius 3 is 2.82 bits per heavy atom. The fourth-order valence-corrected chi connectivity index (χ4v) is 1.51. The van der Waals surface area contributed by atoms with Crippen molar-refractivity contribution < 1.29 is 15.1 Å². The Labute approximate surface area is 103 Å². The van der Waals surface area contributed by atoms with E-state index in [2.05, 4.69) is 5.32 Å².